The number of hydrogen-bond acceptors (Lipinski definition) is 4. The van der Waals surface area contributed by atoms with Crippen LogP contribution in [0.5, 0.6) is 0 Å². The number of nitrogens with zero attached hydrogens (tertiary/aromatic N) is 3. The summed E-state index contributed by atoms with van der Waals surface area (Å²) in [7, 11) is 0. The molecule has 1 aromatic carbocycles. The van der Waals surface area contributed by atoms with Gasteiger partial charge in [0, 0.05) is 36.2 Å². The SMILES string of the molecule is CCN(CC)c1ncc(C(=O)Nc2ccc(Cl)cc2)cn1. The molecule has 0 aliphatic heterocycles. The van der Waals surface area contributed by atoms with E-state index < -0.39 is 0 Å². The molecule has 0 aliphatic carbocycles. The lowest BCUT2D eigenvalue weighted by Gasteiger charge is -2.17. The molecule has 0 fully saturated rings. The molecule has 0 radical (unpaired) electrons. The molecule has 0 spiro atoms. The van der Waals surface area contributed by atoms with Crippen molar-refractivity contribution in [3.05, 3.63) is 47.2 Å². The maximum absolute atomic E-state index is 12.1. The fourth-order valence-corrected chi connectivity index (χ4v) is 1.97. The highest BCUT2D eigenvalue weighted by atomic mass is 35.5. The number of hydrogen-bond donors (Lipinski definition) is 1. The predicted octanol–water partition coefficient (Wildman–Crippen LogP) is 3.23. The van der Waals surface area contributed by atoms with E-state index in [9.17, 15) is 4.79 Å². The second-order valence-corrected chi connectivity index (χ2v) is 4.84. The van der Waals surface area contributed by atoms with Crippen LogP contribution < -0.4 is 10.2 Å². The van der Waals surface area contributed by atoms with Crippen LogP contribution in [0.1, 0.15) is 24.2 Å². The van der Waals surface area contributed by atoms with Gasteiger partial charge in [0.2, 0.25) is 5.95 Å². The van der Waals surface area contributed by atoms with Gasteiger partial charge >= 0.3 is 0 Å². The molecule has 110 valence electrons. The lowest BCUT2D eigenvalue weighted by molar-refractivity contribution is 0.102. The zero-order valence-corrected chi connectivity index (χ0v) is 12.8. The van der Waals surface area contributed by atoms with E-state index in [0.29, 0.717) is 22.2 Å². The average molecular weight is 305 g/mol. The molecule has 0 bridgehead atoms. The van der Waals surface area contributed by atoms with Gasteiger partial charge < -0.3 is 10.2 Å². The van der Waals surface area contributed by atoms with Gasteiger partial charge in [-0.05, 0) is 38.1 Å². The van der Waals surface area contributed by atoms with E-state index in [1.54, 1.807) is 24.3 Å². The van der Waals surface area contributed by atoms with Crippen LogP contribution >= 0.6 is 11.6 Å². The molecule has 5 nitrogen and oxygen atoms in total. The molecule has 2 aromatic rings. The van der Waals surface area contributed by atoms with Crippen LogP contribution in [0, 0.1) is 0 Å². The number of carbonyl (C=O) groups is 1. The Kier molecular flexibility index (Phi) is 5.11. The van der Waals surface area contributed by atoms with Gasteiger partial charge in [0.1, 0.15) is 0 Å². The molecule has 21 heavy (non-hydrogen) atoms. The van der Waals surface area contributed by atoms with E-state index in [-0.39, 0.29) is 5.91 Å². The van der Waals surface area contributed by atoms with E-state index >= 15 is 0 Å². The highest BCUT2D eigenvalue weighted by molar-refractivity contribution is 6.30. The number of benzene rings is 1. The molecule has 0 atom stereocenters. The van der Waals surface area contributed by atoms with Crippen molar-refractivity contribution in [3.63, 3.8) is 0 Å². The van der Waals surface area contributed by atoms with Crippen LogP contribution in [0.25, 0.3) is 0 Å². The molecule has 6 heteroatoms. The van der Waals surface area contributed by atoms with Crippen LogP contribution in [0.4, 0.5) is 11.6 Å². The summed E-state index contributed by atoms with van der Waals surface area (Å²) < 4.78 is 0. The van der Waals surface area contributed by atoms with Gasteiger partial charge in [-0.25, -0.2) is 9.97 Å². The van der Waals surface area contributed by atoms with Gasteiger partial charge in [0.25, 0.3) is 5.91 Å². The van der Waals surface area contributed by atoms with Crippen molar-refractivity contribution < 1.29 is 4.79 Å². The quantitative estimate of drug-likeness (QED) is 0.921. The lowest BCUT2D eigenvalue weighted by Crippen LogP contribution is -2.24. The predicted molar refractivity (Wildman–Crippen MR) is 85.0 cm³/mol. The summed E-state index contributed by atoms with van der Waals surface area (Å²) in [5, 5.41) is 3.40. The summed E-state index contributed by atoms with van der Waals surface area (Å²) in [5.74, 6) is 0.381. The molecule has 0 aliphatic rings. The largest absolute Gasteiger partial charge is 0.341 e. The number of aromatic nitrogens is 2. The van der Waals surface area contributed by atoms with Gasteiger partial charge in [0.05, 0.1) is 5.56 Å². The number of amides is 1. The van der Waals surface area contributed by atoms with E-state index in [1.165, 1.54) is 12.4 Å². The minimum atomic E-state index is -0.247. The Balaban J connectivity index is 2.07. The number of halogens is 1. The Morgan fingerprint density at radius 3 is 2.24 bits per heavy atom. The zero-order chi connectivity index (χ0) is 15.2. The van der Waals surface area contributed by atoms with Crippen LogP contribution in [0.15, 0.2) is 36.7 Å². The highest BCUT2D eigenvalue weighted by Gasteiger charge is 2.10. The maximum atomic E-state index is 12.1. The first-order valence-corrected chi connectivity index (χ1v) is 7.15. The van der Waals surface area contributed by atoms with Gasteiger partial charge in [-0.15, -0.1) is 0 Å². The normalized spacial score (nSPS) is 10.2. The van der Waals surface area contributed by atoms with Crippen molar-refractivity contribution in [2.24, 2.45) is 0 Å². The fourth-order valence-electron chi connectivity index (χ4n) is 1.84. The molecule has 0 saturated heterocycles. The first kappa shape index (κ1) is 15.3. The molecule has 1 N–H and O–H groups in total. The summed E-state index contributed by atoms with van der Waals surface area (Å²) in [6.45, 7) is 5.72. The van der Waals surface area contributed by atoms with Crippen molar-refractivity contribution in [3.8, 4) is 0 Å². The summed E-state index contributed by atoms with van der Waals surface area (Å²) in [4.78, 5) is 22.6. The molecular formula is C15H17ClN4O. The van der Waals surface area contributed by atoms with Crippen molar-refractivity contribution in [2.45, 2.75) is 13.8 Å². The second-order valence-electron chi connectivity index (χ2n) is 4.41. The number of anilines is 2. The lowest BCUT2D eigenvalue weighted by atomic mass is 10.3. The third-order valence-electron chi connectivity index (χ3n) is 3.05. The van der Waals surface area contributed by atoms with E-state index in [1.807, 2.05) is 18.7 Å². The van der Waals surface area contributed by atoms with E-state index in [2.05, 4.69) is 15.3 Å². The van der Waals surface area contributed by atoms with Gasteiger partial charge in [-0.2, -0.15) is 0 Å². The Labute approximate surface area is 129 Å². The molecule has 1 heterocycles. The summed E-state index contributed by atoms with van der Waals surface area (Å²) in [6, 6.07) is 6.92. The Bertz CT molecular complexity index is 594. The van der Waals surface area contributed by atoms with Crippen LogP contribution in [-0.4, -0.2) is 29.0 Å². The first-order valence-electron chi connectivity index (χ1n) is 6.78. The van der Waals surface area contributed by atoms with Gasteiger partial charge in [-0.3, -0.25) is 4.79 Å². The minimum Gasteiger partial charge on any atom is -0.341 e. The average Bonchev–Trinajstić information content (AvgIpc) is 2.51. The van der Waals surface area contributed by atoms with Crippen molar-refractivity contribution in [2.75, 3.05) is 23.3 Å². The fraction of sp³-hybridized carbons (Fsp3) is 0.267. The van der Waals surface area contributed by atoms with Crippen molar-refractivity contribution in [1.82, 2.24) is 9.97 Å². The number of rotatable bonds is 5. The number of carbonyl (C=O) groups excluding carboxylic acids is 1. The summed E-state index contributed by atoms with van der Waals surface area (Å²) in [5.41, 5.74) is 1.10. The molecule has 1 aromatic heterocycles. The third-order valence-corrected chi connectivity index (χ3v) is 3.30. The smallest absolute Gasteiger partial charge is 0.258 e. The van der Waals surface area contributed by atoms with Crippen LogP contribution in [0.2, 0.25) is 5.02 Å². The van der Waals surface area contributed by atoms with E-state index in [4.69, 9.17) is 11.6 Å². The topological polar surface area (TPSA) is 58.1 Å². The Morgan fingerprint density at radius 2 is 1.71 bits per heavy atom. The summed E-state index contributed by atoms with van der Waals surface area (Å²) >= 11 is 5.80. The molecule has 1 amide bonds. The molecule has 2 rings (SSSR count). The van der Waals surface area contributed by atoms with Crippen molar-refractivity contribution in [1.29, 1.82) is 0 Å². The van der Waals surface area contributed by atoms with Gasteiger partial charge in [0.15, 0.2) is 0 Å². The molecule has 0 saturated carbocycles. The van der Waals surface area contributed by atoms with E-state index in [0.717, 1.165) is 13.1 Å². The highest BCUT2D eigenvalue weighted by Crippen LogP contribution is 2.14. The maximum Gasteiger partial charge on any atom is 0.258 e. The summed E-state index contributed by atoms with van der Waals surface area (Å²) in [6.07, 6.45) is 3.07. The first-order chi connectivity index (χ1) is 10.1. The van der Waals surface area contributed by atoms with Crippen molar-refractivity contribution >= 4 is 29.1 Å². The monoisotopic (exact) mass is 304 g/mol. The Morgan fingerprint density at radius 1 is 1.14 bits per heavy atom. The molecular weight excluding hydrogens is 288 g/mol. The zero-order valence-electron chi connectivity index (χ0n) is 12.0. The minimum absolute atomic E-state index is 0.247. The van der Waals surface area contributed by atoms with Gasteiger partial charge in [-0.1, -0.05) is 11.6 Å². The molecule has 0 unspecified atom stereocenters. The van der Waals surface area contributed by atoms with Crippen LogP contribution in [0.3, 0.4) is 0 Å². The standard InChI is InChI=1S/C15H17ClN4O/c1-3-20(4-2)15-17-9-11(10-18-15)14(21)19-13-7-5-12(16)6-8-13/h5-10H,3-4H2,1-2H3,(H,19,21). The number of nitrogens with one attached hydrogen (secondary N) is 1. The van der Waals surface area contributed by atoms with Crippen LogP contribution in [-0.2, 0) is 0 Å². The Hall–Kier alpha value is -2.14. The third kappa shape index (κ3) is 3.92. The second kappa shape index (κ2) is 7.04.